The Kier molecular flexibility index (Phi) is 7.86. The Balaban J connectivity index is 1.30. The molecular formula is C30H38N4O7. The van der Waals surface area contributed by atoms with E-state index in [1.807, 2.05) is 55.5 Å². The maximum atomic E-state index is 14.2. The number of β-amino-alcohol motifs (C(OH)–C–C–N with tert-alkyl or cyclic N) is 1. The van der Waals surface area contributed by atoms with Gasteiger partial charge >= 0.3 is 0 Å². The zero-order valence-corrected chi connectivity index (χ0v) is 23.4. The van der Waals surface area contributed by atoms with Crippen molar-refractivity contribution in [3.63, 3.8) is 0 Å². The molecule has 3 amide bonds. The second-order valence-electron chi connectivity index (χ2n) is 11.0. The minimum absolute atomic E-state index is 0.00792. The maximum Gasteiger partial charge on any atom is 0.249 e. The van der Waals surface area contributed by atoms with E-state index in [0.29, 0.717) is 57.4 Å². The topological polar surface area (TPSA) is 112 Å². The number of anilines is 1. The number of hydrogen-bond donors (Lipinski definition) is 1. The van der Waals surface area contributed by atoms with Gasteiger partial charge in [-0.15, -0.1) is 0 Å². The van der Waals surface area contributed by atoms with Crippen LogP contribution in [0.15, 0.2) is 48.6 Å². The van der Waals surface area contributed by atoms with Crippen LogP contribution in [0.3, 0.4) is 0 Å². The second-order valence-corrected chi connectivity index (χ2v) is 11.0. The van der Waals surface area contributed by atoms with E-state index in [-0.39, 0.29) is 30.9 Å². The van der Waals surface area contributed by atoms with E-state index in [1.54, 1.807) is 9.80 Å². The average molecular weight is 567 g/mol. The lowest BCUT2D eigenvalue weighted by Crippen LogP contribution is -2.56. The van der Waals surface area contributed by atoms with Crippen LogP contribution in [0.25, 0.3) is 0 Å². The van der Waals surface area contributed by atoms with Crippen molar-refractivity contribution < 1.29 is 33.7 Å². The Bertz CT molecular complexity index is 1210. The van der Waals surface area contributed by atoms with E-state index in [9.17, 15) is 19.5 Å². The number of nitrogens with zero attached hydrogens (tertiary/aromatic N) is 4. The Morgan fingerprint density at radius 2 is 1.76 bits per heavy atom. The first-order valence-corrected chi connectivity index (χ1v) is 14.5. The molecule has 1 N–H and O–H groups in total. The third-order valence-electron chi connectivity index (χ3n) is 8.83. The lowest BCUT2D eigenvalue weighted by atomic mass is 9.77. The van der Waals surface area contributed by atoms with Crippen LogP contribution in [0.1, 0.15) is 6.92 Å². The van der Waals surface area contributed by atoms with E-state index >= 15 is 0 Å². The highest BCUT2D eigenvalue weighted by Gasteiger charge is 2.71. The highest BCUT2D eigenvalue weighted by atomic mass is 16.5. The smallest absolute Gasteiger partial charge is 0.249 e. The molecule has 1 spiro atoms. The summed E-state index contributed by atoms with van der Waals surface area (Å²) >= 11 is 0. The van der Waals surface area contributed by atoms with Gasteiger partial charge in [0, 0.05) is 51.5 Å². The Morgan fingerprint density at radius 3 is 2.49 bits per heavy atom. The summed E-state index contributed by atoms with van der Waals surface area (Å²) in [4.78, 5) is 49.5. The number of carbonyl (C=O) groups is 3. The van der Waals surface area contributed by atoms with Crippen LogP contribution in [0, 0.1) is 11.8 Å². The third kappa shape index (κ3) is 4.84. The summed E-state index contributed by atoms with van der Waals surface area (Å²) < 4.78 is 17.6. The molecule has 1 unspecified atom stereocenters. The fraction of sp³-hybridized carbons (Fsp3) is 0.567. The number of amides is 3. The van der Waals surface area contributed by atoms with Gasteiger partial charge in [-0.1, -0.05) is 24.3 Å². The zero-order valence-electron chi connectivity index (χ0n) is 23.4. The first-order chi connectivity index (χ1) is 20.0. The van der Waals surface area contributed by atoms with Crippen molar-refractivity contribution in [2.45, 2.75) is 24.7 Å². The molecule has 0 aromatic heterocycles. The molecule has 5 atom stereocenters. The average Bonchev–Trinajstić information content (AvgIpc) is 3.29. The predicted molar refractivity (Wildman–Crippen MR) is 149 cm³/mol. The van der Waals surface area contributed by atoms with Crippen LogP contribution >= 0.6 is 0 Å². The monoisotopic (exact) mass is 566 g/mol. The molecule has 3 saturated heterocycles. The van der Waals surface area contributed by atoms with Crippen LogP contribution in [0.2, 0.25) is 0 Å². The number of aliphatic hydroxyl groups is 1. The number of rotatable bonds is 8. The summed E-state index contributed by atoms with van der Waals surface area (Å²) in [5.41, 5.74) is -0.602. The molecule has 41 heavy (non-hydrogen) atoms. The summed E-state index contributed by atoms with van der Waals surface area (Å²) in [5, 5.41) is 9.88. The number of fused-ring (bicyclic) bond motifs is 2. The number of ether oxygens (including phenoxy) is 3. The number of hydrogen-bond acceptors (Lipinski definition) is 8. The van der Waals surface area contributed by atoms with Crippen LogP contribution in [-0.4, -0.2) is 128 Å². The standard InChI is InChI=1S/C30H38N4O7/c1-2-40-22-8-6-21(7-9-22)33-12-3-5-23-24(27(33)36)25-28(37)34(15-18-35)26-29(38)32(11-4-10-30(25,26)41-23)14-13-31-16-19-39-20-17-31/h3-10,23-26,35H,2,11-20H2,1H3/t23-,24+,25+,26?,30+/m1/s1. The molecule has 0 saturated carbocycles. The first-order valence-electron chi connectivity index (χ1n) is 14.5. The van der Waals surface area contributed by atoms with E-state index in [2.05, 4.69) is 4.90 Å². The van der Waals surface area contributed by atoms with Gasteiger partial charge in [-0.2, -0.15) is 0 Å². The summed E-state index contributed by atoms with van der Waals surface area (Å²) in [6.45, 7) is 7.04. The van der Waals surface area contributed by atoms with Gasteiger partial charge in [-0.25, -0.2) is 0 Å². The quantitative estimate of drug-likeness (QED) is 0.447. The molecule has 5 aliphatic rings. The van der Waals surface area contributed by atoms with E-state index in [1.165, 1.54) is 4.90 Å². The maximum absolute atomic E-state index is 14.2. The minimum Gasteiger partial charge on any atom is -0.494 e. The van der Waals surface area contributed by atoms with Crippen molar-refractivity contribution in [1.29, 1.82) is 0 Å². The minimum atomic E-state index is -1.30. The molecule has 5 heterocycles. The number of morpholine rings is 1. The van der Waals surface area contributed by atoms with Crippen molar-refractivity contribution in [3.05, 3.63) is 48.6 Å². The van der Waals surface area contributed by atoms with Gasteiger partial charge in [0.1, 0.15) is 17.4 Å². The van der Waals surface area contributed by atoms with Crippen molar-refractivity contribution in [2.75, 3.05) is 77.1 Å². The van der Waals surface area contributed by atoms with Crippen LogP contribution in [-0.2, 0) is 23.9 Å². The summed E-state index contributed by atoms with van der Waals surface area (Å²) in [7, 11) is 0. The van der Waals surface area contributed by atoms with Gasteiger partial charge in [0.25, 0.3) is 0 Å². The fourth-order valence-corrected chi connectivity index (χ4v) is 6.94. The molecule has 6 rings (SSSR count). The van der Waals surface area contributed by atoms with Crippen LogP contribution in [0.5, 0.6) is 5.75 Å². The third-order valence-corrected chi connectivity index (χ3v) is 8.83. The molecule has 1 aromatic rings. The lowest BCUT2D eigenvalue weighted by molar-refractivity contribution is -0.147. The summed E-state index contributed by atoms with van der Waals surface area (Å²) in [5.74, 6) is -1.76. The van der Waals surface area contributed by atoms with E-state index < -0.39 is 29.6 Å². The van der Waals surface area contributed by atoms with E-state index in [4.69, 9.17) is 14.2 Å². The highest BCUT2D eigenvalue weighted by molar-refractivity contribution is 6.03. The molecule has 5 aliphatic heterocycles. The van der Waals surface area contributed by atoms with Crippen molar-refractivity contribution in [3.8, 4) is 5.75 Å². The van der Waals surface area contributed by atoms with Gasteiger partial charge in [0.05, 0.1) is 44.4 Å². The molecule has 0 radical (unpaired) electrons. The number of benzene rings is 1. The SMILES string of the molecule is CCOc1ccc(N2CC=C[C@H]3O[C@]45C=CCN(CCN6CCOCC6)C(=O)C4N(CCO)C(=O)[C@@H]5[C@H]3C2=O)cc1. The molecule has 0 aliphatic carbocycles. The van der Waals surface area contributed by atoms with Gasteiger partial charge in [-0.05, 0) is 31.2 Å². The first kappa shape index (κ1) is 27.9. The Morgan fingerprint density at radius 1 is 0.976 bits per heavy atom. The van der Waals surface area contributed by atoms with Gasteiger partial charge in [0.15, 0.2) is 0 Å². The largest absolute Gasteiger partial charge is 0.494 e. The highest BCUT2D eigenvalue weighted by Crippen LogP contribution is 2.53. The molecule has 0 bridgehead atoms. The van der Waals surface area contributed by atoms with E-state index in [0.717, 1.165) is 13.1 Å². The van der Waals surface area contributed by atoms with Crippen molar-refractivity contribution >= 4 is 23.4 Å². The number of aliphatic hydroxyl groups excluding tert-OH is 1. The van der Waals surface area contributed by atoms with Crippen molar-refractivity contribution in [2.24, 2.45) is 11.8 Å². The van der Waals surface area contributed by atoms with Crippen molar-refractivity contribution in [1.82, 2.24) is 14.7 Å². The number of likely N-dealkylation sites (tertiary alicyclic amines) is 1. The van der Waals surface area contributed by atoms with Gasteiger partial charge in [0.2, 0.25) is 17.7 Å². The summed E-state index contributed by atoms with van der Waals surface area (Å²) in [6.07, 6.45) is 6.81. The fourth-order valence-electron chi connectivity index (χ4n) is 6.94. The molecule has 11 nitrogen and oxygen atoms in total. The second kappa shape index (κ2) is 11.6. The molecule has 1 aromatic carbocycles. The van der Waals surface area contributed by atoms with Crippen LogP contribution < -0.4 is 9.64 Å². The zero-order chi connectivity index (χ0) is 28.6. The Hall–Kier alpha value is -3.25. The molecule has 3 fully saturated rings. The lowest BCUT2D eigenvalue weighted by Gasteiger charge is -2.36. The molecule has 220 valence electrons. The van der Waals surface area contributed by atoms with Gasteiger partial charge < -0.3 is 34.0 Å². The molecule has 11 heteroatoms. The number of carbonyl (C=O) groups excluding carboxylic acids is 3. The predicted octanol–water partition coefficient (Wildman–Crippen LogP) is 0.292. The Labute approximate surface area is 239 Å². The summed E-state index contributed by atoms with van der Waals surface area (Å²) in [6, 6.07) is 6.36. The van der Waals surface area contributed by atoms with Crippen LogP contribution in [0.4, 0.5) is 5.69 Å². The van der Waals surface area contributed by atoms with Gasteiger partial charge in [-0.3, -0.25) is 19.3 Å². The molecular weight excluding hydrogens is 528 g/mol. The normalized spacial score (nSPS) is 31.7.